The van der Waals surface area contributed by atoms with Gasteiger partial charge in [-0.3, -0.25) is 9.69 Å². The van der Waals surface area contributed by atoms with Gasteiger partial charge in [0.2, 0.25) is 0 Å². The Morgan fingerprint density at radius 3 is 2.63 bits per heavy atom. The lowest BCUT2D eigenvalue weighted by Gasteiger charge is -2.28. The number of pyridine rings is 1. The Balaban J connectivity index is 1.48. The van der Waals surface area contributed by atoms with Gasteiger partial charge >= 0.3 is 0 Å². The van der Waals surface area contributed by atoms with E-state index >= 15 is 0 Å². The Kier molecular flexibility index (Phi) is 8.49. The number of rotatable bonds is 8. The third-order valence-corrected chi connectivity index (χ3v) is 6.76. The lowest BCUT2D eigenvalue weighted by Crippen LogP contribution is -2.42. The standard InChI is InChI=1S/C27H33FN4O2S/c1-19-14-20(2)24-16-22(26(33)30-25(24)15-19)18-32(17-21-4-6-23(28)7-5-21)27(35)29-8-3-9-31-10-12-34-13-11-31/h4-7,14-16H,3,8-13,17-18H2,1-2H3,(H,29,35)(H,30,33). The van der Waals surface area contributed by atoms with Crippen molar-refractivity contribution in [2.75, 3.05) is 39.4 Å². The van der Waals surface area contributed by atoms with Gasteiger partial charge in [0.25, 0.3) is 5.56 Å². The number of aromatic nitrogens is 1. The molecule has 6 nitrogen and oxygen atoms in total. The number of hydrogen-bond donors (Lipinski definition) is 2. The number of fused-ring (bicyclic) bond motifs is 1. The van der Waals surface area contributed by atoms with Crippen LogP contribution in [0.2, 0.25) is 0 Å². The van der Waals surface area contributed by atoms with Crippen LogP contribution in [0.4, 0.5) is 4.39 Å². The third kappa shape index (κ3) is 6.87. The minimum absolute atomic E-state index is 0.123. The predicted octanol–water partition coefficient (Wildman–Crippen LogP) is 3.88. The van der Waals surface area contributed by atoms with Gasteiger partial charge in [0.05, 0.1) is 19.8 Å². The van der Waals surface area contributed by atoms with Crippen LogP contribution in [0.25, 0.3) is 10.9 Å². The molecule has 35 heavy (non-hydrogen) atoms. The fraction of sp³-hybridized carbons (Fsp3) is 0.407. The summed E-state index contributed by atoms with van der Waals surface area (Å²) in [5, 5.41) is 4.97. The van der Waals surface area contributed by atoms with Gasteiger partial charge < -0.3 is 19.9 Å². The van der Waals surface area contributed by atoms with Gasteiger partial charge in [0.15, 0.2) is 5.11 Å². The Morgan fingerprint density at radius 1 is 1.14 bits per heavy atom. The molecule has 186 valence electrons. The number of aryl methyl sites for hydroxylation is 2. The molecule has 0 amide bonds. The molecule has 8 heteroatoms. The van der Waals surface area contributed by atoms with E-state index in [9.17, 15) is 9.18 Å². The van der Waals surface area contributed by atoms with Crippen molar-refractivity contribution in [3.05, 3.63) is 80.9 Å². The highest BCUT2D eigenvalue weighted by Crippen LogP contribution is 2.19. The molecule has 0 aliphatic carbocycles. The first kappa shape index (κ1) is 25.3. The quantitative estimate of drug-likeness (QED) is 0.365. The largest absolute Gasteiger partial charge is 0.379 e. The molecule has 1 aromatic heterocycles. The van der Waals surface area contributed by atoms with Crippen LogP contribution in [0.1, 0.15) is 28.7 Å². The topological polar surface area (TPSA) is 60.6 Å². The third-order valence-electron chi connectivity index (χ3n) is 6.36. The lowest BCUT2D eigenvalue weighted by atomic mass is 10.0. The van der Waals surface area contributed by atoms with Gasteiger partial charge in [0, 0.05) is 42.6 Å². The summed E-state index contributed by atoms with van der Waals surface area (Å²) in [6.07, 6.45) is 0.958. The van der Waals surface area contributed by atoms with Crippen LogP contribution < -0.4 is 10.9 Å². The SMILES string of the molecule is Cc1cc(C)c2cc(CN(Cc3ccc(F)cc3)C(=S)NCCCN3CCOCC3)c(=O)[nH]c2c1. The highest BCUT2D eigenvalue weighted by molar-refractivity contribution is 7.80. The van der Waals surface area contributed by atoms with E-state index in [4.69, 9.17) is 17.0 Å². The van der Waals surface area contributed by atoms with Crippen LogP contribution in [0.5, 0.6) is 0 Å². The number of ether oxygens (including phenoxy) is 1. The van der Waals surface area contributed by atoms with Crippen LogP contribution in [0.3, 0.4) is 0 Å². The highest BCUT2D eigenvalue weighted by atomic mass is 32.1. The molecule has 0 bridgehead atoms. The molecule has 1 aliphatic heterocycles. The fourth-order valence-corrected chi connectivity index (χ4v) is 4.71. The number of H-pyrrole nitrogens is 1. The molecule has 2 aromatic carbocycles. The van der Waals surface area contributed by atoms with Crippen molar-refractivity contribution in [2.24, 2.45) is 0 Å². The zero-order chi connectivity index (χ0) is 24.8. The second-order valence-corrected chi connectivity index (χ2v) is 9.58. The summed E-state index contributed by atoms with van der Waals surface area (Å²) in [6, 6.07) is 12.5. The summed E-state index contributed by atoms with van der Waals surface area (Å²) >= 11 is 5.75. The normalized spacial score (nSPS) is 14.3. The van der Waals surface area contributed by atoms with Crippen molar-refractivity contribution in [3.8, 4) is 0 Å². The van der Waals surface area contributed by atoms with E-state index in [0.29, 0.717) is 23.8 Å². The summed E-state index contributed by atoms with van der Waals surface area (Å²) in [7, 11) is 0. The van der Waals surface area contributed by atoms with Gasteiger partial charge in [-0.15, -0.1) is 0 Å². The zero-order valence-electron chi connectivity index (χ0n) is 20.4. The van der Waals surface area contributed by atoms with E-state index in [1.807, 2.05) is 30.9 Å². The van der Waals surface area contributed by atoms with Gasteiger partial charge in [-0.1, -0.05) is 18.2 Å². The first-order valence-electron chi connectivity index (χ1n) is 12.1. The number of thiocarbonyl (C=S) groups is 1. The first-order valence-corrected chi connectivity index (χ1v) is 12.5. The molecule has 2 heterocycles. The molecule has 0 atom stereocenters. The van der Waals surface area contributed by atoms with Crippen LogP contribution in [0, 0.1) is 19.7 Å². The van der Waals surface area contributed by atoms with E-state index in [1.165, 1.54) is 12.1 Å². The summed E-state index contributed by atoms with van der Waals surface area (Å²) in [6.45, 7) is 10.1. The van der Waals surface area contributed by atoms with Gasteiger partial charge in [-0.05, 0) is 80.0 Å². The Labute approximate surface area is 211 Å². The predicted molar refractivity (Wildman–Crippen MR) is 142 cm³/mol. The molecule has 1 aliphatic rings. The minimum Gasteiger partial charge on any atom is -0.379 e. The summed E-state index contributed by atoms with van der Waals surface area (Å²) in [5.41, 5.74) is 4.51. The van der Waals surface area contributed by atoms with Crippen molar-refractivity contribution in [3.63, 3.8) is 0 Å². The Bertz CT molecular complexity index is 1220. The molecule has 3 aromatic rings. The smallest absolute Gasteiger partial charge is 0.253 e. The number of morpholine rings is 1. The zero-order valence-corrected chi connectivity index (χ0v) is 21.2. The average Bonchev–Trinajstić information content (AvgIpc) is 2.84. The molecule has 0 spiro atoms. The Morgan fingerprint density at radius 2 is 1.89 bits per heavy atom. The fourth-order valence-electron chi connectivity index (χ4n) is 4.48. The number of halogens is 1. The molecule has 0 saturated carbocycles. The second-order valence-electron chi connectivity index (χ2n) is 9.19. The summed E-state index contributed by atoms with van der Waals surface area (Å²) in [5.74, 6) is -0.277. The van der Waals surface area contributed by atoms with Crippen LogP contribution in [0.15, 0.2) is 47.3 Å². The minimum atomic E-state index is -0.277. The number of aromatic amines is 1. The number of benzene rings is 2. The number of nitrogens with zero attached hydrogens (tertiary/aromatic N) is 2. The van der Waals surface area contributed by atoms with Crippen LogP contribution in [-0.4, -0.2) is 59.3 Å². The molecular weight excluding hydrogens is 463 g/mol. The van der Waals surface area contributed by atoms with E-state index in [2.05, 4.69) is 21.3 Å². The molecule has 1 saturated heterocycles. The number of nitrogens with one attached hydrogen (secondary N) is 2. The molecule has 2 N–H and O–H groups in total. The molecular formula is C27H33FN4O2S. The van der Waals surface area contributed by atoms with Crippen molar-refractivity contribution in [2.45, 2.75) is 33.4 Å². The maximum Gasteiger partial charge on any atom is 0.253 e. The van der Waals surface area contributed by atoms with Crippen molar-refractivity contribution in [1.29, 1.82) is 0 Å². The Hall–Kier alpha value is -2.81. The second kappa shape index (κ2) is 11.7. The maximum atomic E-state index is 13.4. The van der Waals surface area contributed by atoms with Gasteiger partial charge in [0.1, 0.15) is 5.82 Å². The summed E-state index contributed by atoms with van der Waals surface area (Å²) < 4.78 is 18.9. The molecule has 4 rings (SSSR count). The first-order chi connectivity index (χ1) is 16.9. The maximum absolute atomic E-state index is 13.4. The van der Waals surface area contributed by atoms with Crippen LogP contribution in [-0.2, 0) is 17.8 Å². The van der Waals surface area contributed by atoms with Crippen molar-refractivity contribution in [1.82, 2.24) is 20.1 Å². The number of hydrogen-bond acceptors (Lipinski definition) is 4. The monoisotopic (exact) mass is 496 g/mol. The summed E-state index contributed by atoms with van der Waals surface area (Å²) in [4.78, 5) is 20.3. The van der Waals surface area contributed by atoms with Crippen molar-refractivity contribution >= 4 is 28.2 Å². The van der Waals surface area contributed by atoms with E-state index in [-0.39, 0.29) is 11.4 Å². The average molecular weight is 497 g/mol. The van der Waals surface area contributed by atoms with Gasteiger partial charge in [-0.2, -0.15) is 0 Å². The van der Waals surface area contributed by atoms with E-state index in [0.717, 1.165) is 73.4 Å². The molecule has 0 unspecified atom stereocenters. The molecule has 1 fully saturated rings. The highest BCUT2D eigenvalue weighted by Gasteiger charge is 2.15. The molecule has 0 radical (unpaired) electrons. The van der Waals surface area contributed by atoms with Crippen LogP contribution >= 0.6 is 12.2 Å². The lowest BCUT2D eigenvalue weighted by molar-refractivity contribution is 0.0376. The van der Waals surface area contributed by atoms with E-state index in [1.54, 1.807) is 12.1 Å². The van der Waals surface area contributed by atoms with E-state index < -0.39 is 0 Å². The van der Waals surface area contributed by atoms with Gasteiger partial charge in [-0.25, -0.2) is 4.39 Å². The van der Waals surface area contributed by atoms with Crippen molar-refractivity contribution < 1.29 is 9.13 Å².